The second-order valence-corrected chi connectivity index (χ2v) is 16.4. The van der Waals surface area contributed by atoms with Crippen molar-refractivity contribution in [3.05, 3.63) is 209 Å². The molecule has 1 fully saturated rings. The van der Waals surface area contributed by atoms with Crippen LogP contribution >= 0.6 is 0 Å². The summed E-state index contributed by atoms with van der Waals surface area (Å²) in [6.45, 7) is 3.45. The highest BCUT2D eigenvalue weighted by Crippen LogP contribution is 2.40. The second-order valence-electron chi connectivity index (χ2n) is 14.6. The van der Waals surface area contributed by atoms with Crippen molar-refractivity contribution in [2.75, 3.05) is 6.61 Å². The normalized spacial score (nSPS) is 19.6. The van der Waals surface area contributed by atoms with E-state index in [9.17, 15) is 8.42 Å². The van der Waals surface area contributed by atoms with Gasteiger partial charge < -0.3 is 23.7 Å². The van der Waals surface area contributed by atoms with Crippen LogP contribution in [-0.2, 0) is 60.1 Å². The molecule has 1 aliphatic heterocycles. The summed E-state index contributed by atoms with van der Waals surface area (Å²) in [6.07, 6.45) is -1.59. The molecular weight excluding hydrogens is 747 g/mol. The molecule has 8 rings (SSSR count). The first-order valence-electron chi connectivity index (χ1n) is 19.6. The number of benzene rings is 6. The van der Waals surface area contributed by atoms with Gasteiger partial charge in [0, 0.05) is 11.6 Å². The van der Waals surface area contributed by atoms with Crippen molar-refractivity contribution in [3.63, 3.8) is 0 Å². The van der Waals surface area contributed by atoms with E-state index in [1.165, 1.54) is 3.97 Å². The molecule has 1 aliphatic rings. The smallest absolute Gasteiger partial charge is 0.268 e. The maximum Gasteiger partial charge on any atom is 0.268 e. The van der Waals surface area contributed by atoms with Gasteiger partial charge in [0.25, 0.3) is 10.0 Å². The van der Waals surface area contributed by atoms with Crippen LogP contribution in [0.5, 0.6) is 0 Å². The van der Waals surface area contributed by atoms with Crippen molar-refractivity contribution in [1.82, 2.24) is 3.97 Å². The average molecular weight is 794 g/mol. The predicted octanol–water partition coefficient (Wildman–Crippen LogP) is 9.60. The predicted molar refractivity (Wildman–Crippen MR) is 224 cm³/mol. The van der Waals surface area contributed by atoms with Crippen molar-refractivity contribution in [3.8, 4) is 0 Å². The maximum absolute atomic E-state index is 14.1. The quantitative estimate of drug-likeness (QED) is 0.0964. The SMILES string of the molecule is Cc1ccc(S(=O)(=O)n2ccc3ccc([C@@H]4O[C@H](COCc5ccccc5)[C@@H](OCc5ccccc5)[C@H](OCc5ccccc5)[C@H]4OCc4ccccc4)cc32)cc1. The van der Waals surface area contributed by atoms with Gasteiger partial charge in [-0.05, 0) is 59.0 Å². The molecule has 0 spiro atoms. The lowest BCUT2D eigenvalue weighted by atomic mass is 9.90. The molecule has 1 saturated heterocycles. The number of hydrogen-bond acceptors (Lipinski definition) is 7. The van der Waals surface area contributed by atoms with Crippen LogP contribution in [0.4, 0.5) is 0 Å². The summed E-state index contributed by atoms with van der Waals surface area (Å²) in [7, 11) is -3.91. The molecule has 7 aromatic rings. The molecule has 0 radical (unpaired) electrons. The molecule has 0 unspecified atom stereocenters. The fourth-order valence-electron chi connectivity index (χ4n) is 7.39. The first kappa shape index (κ1) is 39.4. The fraction of sp³-hybridized carbons (Fsp3) is 0.224. The van der Waals surface area contributed by atoms with Crippen LogP contribution in [0.25, 0.3) is 10.9 Å². The molecule has 9 heteroatoms. The Balaban J connectivity index is 1.20. The van der Waals surface area contributed by atoms with Gasteiger partial charge in [0.1, 0.15) is 30.5 Å². The van der Waals surface area contributed by atoms with Gasteiger partial charge in [-0.15, -0.1) is 0 Å². The summed E-state index contributed by atoms with van der Waals surface area (Å²) in [6, 6.07) is 54.6. The van der Waals surface area contributed by atoms with Crippen molar-refractivity contribution >= 4 is 20.9 Å². The van der Waals surface area contributed by atoms with Gasteiger partial charge in [-0.1, -0.05) is 151 Å². The minimum atomic E-state index is -3.91. The number of ether oxygens (including phenoxy) is 5. The summed E-state index contributed by atoms with van der Waals surface area (Å²) < 4.78 is 63.7. The molecule has 1 aromatic heterocycles. The lowest BCUT2D eigenvalue weighted by Crippen LogP contribution is -2.58. The van der Waals surface area contributed by atoms with E-state index in [-0.39, 0.29) is 18.1 Å². The third kappa shape index (κ3) is 9.32. The first-order valence-corrected chi connectivity index (χ1v) is 21.0. The molecule has 0 N–H and O–H groups in total. The highest BCUT2D eigenvalue weighted by atomic mass is 32.2. The zero-order chi connectivity index (χ0) is 39.7. The molecule has 58 heavy (non-hydrogen) atoms. The number of hydrogen-bond donors (Lipinski definition) is 0. The number of aromatic nitrogens is 1. The zero-order valence-corrected chi connectivity index (χ0v) is 33.2. The number of fused-ring (bicyclic) bond motifs is 1. The molecule has 5 atom stereocenters. The summed E-state index contributed by atoms with van der Waals surface area (Å²) in [5, 5.41) is 0.778. The molecule has 0 aliphatic carbocycles. The van der Waals surface area contributed by atoms with Crippen molar-refractivity contribution in [2.45, 2.75) is 68.8 Å². The Morgan fingerprint density at radius 3 is 1.60 bits per heavy atom. The minimum absolute atomic E-state index is 0.210. The standard InChI is InChI=1S/C49H47NO7S/c1-36-22-26-43(27-23-36)58(51,52)50-29-28-41-24-25-42(30-44(41)50)46-48(55-33-39-18-10-4-11-19-39)49(56-34-40-20-12-5-13-21-40)47(54-32-38-16-8-3-9-17-38)45(57-46)35-53-31-37-14-6-2-7-15-37/h2-30,45-49H,31-35H2,1H3/t45-,46+,47-,48+,49+/m1/s1. The summed E-state index contributed by atoms with van der Waals surface area (Å²) in [5.41, 5.74) is 6.30. The largest absolute Gasteiger partial charge is 0.374 e. The van der Waals surface area contributed by atoms with E-state index in [1.54, 1.807) is 30.5 Å². The van der Waals surface area contributed by atoms with Crippen LogP contribution in [0.15, 0.2) is 181 Å². The highest BCUT2D eigenvalue weighted by molar-refractivity contribution is 7.90. The Morgan fingerprint density at radius 2 is 1.05 bits per heavy atom. The van der Waals surface area contributed by atoms with Gasteiger partial charge in [0.05, 0.1) is 43.4 Å². The van der Waals surface area contributed by atoms with E-state index in [2.05, 4.69) is 0 Å². The van der Waals surface area contributed by atoms with Gasteiger partial charge in [-0.2, -0.15) is 0 Å². The Labute approximate surface area is 340 Å². The topological polar surface area (TPSA) is 85.2 Å². The third-order valence-electron chi connectivity index (χ3n) is 10.5. The first-order chi connectivity index (χ1) is 28.4. The average Bonchev–Trinajstić information content (AvgIpc) is 3.71. The maximum atomic E-state index is 14.1. The molecule has 2 heterocycles. The zero-order valence-electron chi connectivity index (χ0n) is 32.4. The molecule has 6 aromatic carbocycles. The van der Waals surface area contributed by atoms with Gasteiger partial charge in [0.2, 0.25) is 0 Å². The molecular formula is C49H47NO7S. The van der Waals surface area contributed by atoms with Gasteiger partial charge in [-0.25, -0.2) is 12.4 Å². The number of aryl methyl sites for hydroxylation is 1. The van der Waals surface area contributed by atoms with Crippen LogP contribution in [-0.4, -0.2) is 43.4 Å². The van der Waals surface area contributed by atoms with E-state index >= 15 is 0 Å². The summed E-state index contributed by atoms with van der Waals surface area (Å²) in [4.78, 5) is 0.211. The Kier molecular flexibility index (Phi) is 12.6. The lowest BCUT2D eigenvalue weighted by Gasteiger charge is -2.46. The molecule has 296 valence electrons. The van der Waals surface area contributed by atoms with Crippen molar-refractivity contribution in [2.24, 2.45) is 0 Å². The van der Waals surface area contributed by atoms with Crippen LogP contribution in [0.3, 0.4) is 0 Å². The number of nitrogens with zero attached hydrogens (tertiary/aromatic N) is 1. The molecule has 0 amide bonds. The van der Waals surface area contributed by atoms with Crippen molar-refractivity contribution < 1.29 is 32.1 Å². The fourth-order valence-corrected chi connectivity index (χ4v) is 8.73. The number of rotatable bonds is 16. The van der Waals surface area contributed by atoms with Crippen LogP contribution in [0.1, 0.15) is 39.5 Å². The molecule has 8 nitrogen and oxygen atoms in total. The highest BCUT2D eigenvalue weighted by Gasteiger charge is 2.49. The Bertz CT molecular complexity index is 2460. The summed E-state index contributed by atoms with van der Waals surface area (Å²) >= 11 is 0. The third-order valence-corrected chi connectivity index (χ3v) is 12.2. The van der Waals surface area contributed by atoms with Gasteiger partial charge in [-0.3, -0.25) is 0 Å². The Hall–Kier alpha value is -5.39. The van der Waals surface area contributed by atoms with Crippen molar-refractivity contribution in [1.29, 1.82) is 0 Å². The molecule has 0 bridgehead atoms. The van der Waals surface area contributed by atoms with E-state index in [1.807, 2.05) is 153 Å². The van der Waals surface area contributed by atoms with E-state index in [0.717, 1.165) is 38.8 Å². The summed E-state index contributed by atoms with van der Waals surface area (Å²) in [5.74, 6) is 0. The van der Waals surface area contributed by atoms with E-state index in [4.69, 9.17) is 23.7 Å². The second kappa shape index (κ2) is 18.5. The van der Waals surface area contributed by atoms with E-state index < -0.39 is 40.5 Å². The van der Waals surface area contributed by atoms with Gasteiger partial charge >= 0.3 is 0 Å². The Morgan fingerprint density at radius 1 is 0.552 bits per heavy atom. The van der Waals surface area contributed by atoms with Gasteiger partial charge in [0.15, 0.2) is 0 Å². The van der Waals surface area contributed by atoms with Crippen LogP contribution < -0.4 is 0 Å². The van der Waals surface area contributed by atoms with Crippen LogP contribution in [0.2, 0.25) is 0 Å². The monoisotopic (exact) mass is 793 g/mol. The lowest BCUT2D eigenvalue weighted by molar-refractivity contribution is -0.275. The van der Waals surface area contributed by atoms with Crippen LogP contribution in [0, 0.1) is 6.92 Å². The minimum Gasteiger partial charge on any atom is -0.374 e. The van der Waals surface area contributed by atoms with E-state index in [0.29, 0.717) is 25.3 Å². The molecule has 0 saturated carbocycles.